The number of hydrogen-bond donors (Lipinski definition) is 0. The summed E-state index contributed by atoms with van der Waals surface area (Å²) in [4.78, 5) is 4.16. The first kappa shape index (κ1) is 17.3. The van der Waals surface area contributed by atoms with Crippen molar-refractivity contribution in [1.29, 1.82) is 0 Å². The second-order valence-corrected chi connectivity index (χ2v) is 6.76. The predicted molar refractivity (Wildman–Crippen MR) is 109 cm³/mol. The van der Waals surface area contributed by atoms with Gasteiger partial charge in [-0.15, -0.1) is 0 Å². The molecule has 0 N–H and O–H groups in total. The van der Waals surface area contributed by atoms with Gasteiger partial charge in [0.25, 0.3) is 0 Å². The number of aryl methyl sites for hydroxylation is 2. The van der Waals surface area contributed by atoms with Crippen molar-refractivity contribution < 1.29 is 9.15 Å². The lowest BCUT2D eigenvalue weighted by Crippen LogP contribution is -1.89. The van der Waals surface area contributed by atoms with Crippen LogP contribution in [-0.4, -0.2) is 12.1 Å². The van der Waals surface area contributed by atoms with Gasteiger partial charge in [-0.3, -0.25) is 4.98 Å². The van der Waals surface area contributed by atoms with E-state index in [0.717, 1.165) is 53.9 Å². The summed E-state index contributed by atoms with van der Waals surface area (Å²) in [7, 11) is 1.70. The Kier molecular flexibility index (Phi) is 5.20. The Balaban J connectivity index is 1.33. The summed E-state index contributed by atoms with van der Waals surface area (Å²) in [6, 6.07) is 20.9. The molecule has 4 rings (SSSR count). The number of rotatable bonds is 7. The van der Waals surface area contributed by atoms with E-state index in [1.54, 1.807) is 7.11 Å². The quantitative estimate of drug-likeness (QED) is 0.377. The Morgan fingerprint density at radius 1 is 0.852 bits per heavy atom. The summed E-state index contributed by atoms with van der Waals surface area (Å²) in [5.74, 6) is 2.89. The van der Waals surface area contributed by atoms with Crippen molar-refractivity contribution >= 4 is 10.8 Å². The number of furan rings is 1. The maximum atomic E-state index is 6.07. The van der Waals surface area contributed by atoms with E-state index in [1.807, 2.05) is 30.6 Å². The van der Waals surface area contributed by atoms with Crippen LogP contribution in [0.5, 0.6) is 5.75 Å². The lowest BCUT2D eigenvalue weighted by Gasteiger charge is -2.03. The molecule has 0 unspecified atom stereocenters. The highest BCUT2D eigenvalue weighted by atomic mass is 16.5. The summed E-state index contributed by atoms with van der Waals surface area (Å²) in [6.45, 7) is 0. The highest BCUT2D eigenvalue weighted by molar-refractivity contribution is 5.85. The molecule has 0 radical (unpaired) electrons. The van der Waals surface area contributed by atoms with Crippen molar-refractivity contribution in [3.8, 4) is 17.1 Å². The van der Waals surface area contributed by atoms with Crippen LogP contribution in [-0.2, 0) is 12.8 Å². The van der Waals surface area contributed by atoms with Gasteiger partial charge in [0.05, 0.1) is 7.11 Å². The summed E-state index contributed by atoms with van der Waals surface area (Å²) in [5, 5.41) is 2.33. The van der Waals surface area contributed by atoms with Gasteiger partial charge in [0, 0.05) is 29.8 Å². The second-order valence-electron chi connectivity index (χ2n) is 6.76. The number of nitrogens with zero attached hydrogens (tertiary/aromatic N) is 1. The van der Waals surface area contributed by atoms with Gasteiger partial charge in [-0.1, -0.05) is 24.3 Å². The molecule has 136 valence electrons. The zero-order valence-corrected chi connectivity index (χ0v) is 15.5. The van der Waals surface area contributed by atoms with Crippen molar-refractivity contribution in [2.45, 2.75) is 25.7 Å². The van der Waals surface area contributed by atoms with Crippen molar-refractivity contribution in [3.05, 3.63) is 84.4 Å². The van der Waals surface area contributed by atoms with E-state index in [1.165, 1.54) is 10.9 Å². The van der Waals surface area contributed by atoms with E-state index in [4.69, 9.17) is 9.15 Å². The standard InChI is InChI=1S/C24H23NO2/c1-26-22-10-6-18(7-11-22)4-2-3-5-23-12-13-24(27-23)20-8-9-21-17-25-15-14-19(21)16-20/h6-17H,2-5H2,1H3. The van der Waals surface area contributed by atoms with E-state index in [0.29, 0.717) is 0 Å². The van der Waals surface area contributed by atoms with Crippen LogP contribution >= 0.6 is 0 Å². The molecule has 0 saturated heterocycles. The monoisotopic (exact) mass is 357 g/mol. The van der Waals surface area contributed by atoms with Crippen molar-refractivity contribution in [3.63, 3.8) is 0 Å². The van der Waals surface area contributed by atoms with E-state index >= 15 is 0 Å². The fourth-order valence-corrected chi connectivity index (χ4v) is 3.32. The summed E-state index contributed by atoms with van der Waals surface area (Å²) in [5.41, 5.74) is 2.46. The minimum absolute atomic E-state index is 0.909. The molecule has 0 atom stereocenters. The largest absolute Gasteiger partial charge is 0.497 e. The molecule has 0 aliphatic heterocycles. The highest BCUT2D eigenvalue weighted by Crippen LogP contribution is 2.26. The van der Waals surface area contributed by atoms with Crippen molar-refractivity contribution in [2.75, 3.05) is 7.11 Å². The van der Waals surface area contributed by atoms with Gasteiger partial charge in [-0.2, -0.15) is 0 Å². The van der Waals surface area contributed by atoms with E-state index < -0.39 is 0 Å². The van der Waals surface area contributed by atoms with Crippen LogP contribution in [0.4, 0.5) is 0 Å². The third-order valence-corrected chi connectivity index (χ3v) is 4.88. The molecule has 0 bridgehead atoms. The minimum atomic E-state index is 0.909. The lowest BCUT2D eigenvalue weighted by atomic mass is 10.1. The van der Waals surface area contributed by atoms with Crippen molar-refractivity contribution in [2.24, 2.45) is 0 Å². The number of fused-ring (bicyclic) bond motifs is 1. The normalized spacial score (nSPS) is 11.0. The summed E-state index contributed by atoms with van der Waals surface area (Å²) in [6.07, 6.45) is 8.01. The molecule has 2 aromatic carbocycles. The maximum Gasteiger partial charge on any atom is 0.134 e. The lowest BCUT2D eigenvalue weighted by molar-refractivity contribution is 0.414. The number of benzene rings is 2. The van der Waals surface area contributed by atoms with Gasteiger partial charge in [0.15, 0.2) is 0 Å². The van der Waals surface area contributed by atoms with Crippen LogP contribution in [0.25, 0.3) is 22.1 Å². The highest BCUT2D eigenvalue weighted by Gasteiger charge is 2.06. The number of ether oxygens (including phenoxy) is 1. The van der Waals surface area contributed by atoms with Crippen LogP contribution in [0, 0.1) is 0 Å². The zero-order chi connectivity index (χ0) is 18.5. The molecule has 0 aliphatic rings. The Morgan fingerprint density at radius 2 is 1.70 bits per heavy atom. The fraction of sp³-hybridized carbons (Fsp3) is 0.208. The van der Waals surface area contributed by atoms with Gasteiger partial charge < -0.3 is 9.15 Å². The molecular formula is C24H23NO2. The van der Waals surface area contributed by atoms with Crippen LogP contribution in [0.2, 0.25) is 0 Å². The first-order valence-electron chi connectivity index (χ1n) is 9.37. The molecule has 3 heteroatoms. The average Bonchev–Trinajstić information content (AvgIpc) is 3.20. The van der Waals surface area contributed by atoms with Gasteiger partial charge in [0.1, 0.15) is 17.3 Å². The Morgan fingerprint density at radius 3 is 2.56 bits per heavy atom. The number of pyridine rings is 1. The van der Waals surface area contributed by atoms with Crippen LogP contribution in [0.15, 0.2) is 77.5 Å². The average molecular weight is 357 g/mol. The third kappa shape index (κ3) is 4.20. The van der Waals surface area contributed by atoms with E-state index in [2.05, 4.69) is 47.4 Å². The van der Waals surface area contributed by atoms with Gasteiger partial charge in [0.2, 0.25) is 0 Å². The Labute approximate surface area is 159 Å². The molecule has 3 nitrogen and oxygen atoms in total. The number of aromatic nitrogens is 1. The fourth-order valence-electron chi connectivity index (χ4n) is 3.32. The molecule has 0 saturated carbocycles. The molecule has 0 fully saturated rings. The molecular weight excluding hydrogens is 334 g/mol. The van der Waals surface area contributed by atoms with Gasteiger partial charge >= 0.3 is 0 Å². The molecule has 0 aliphatic carbocycles. The second kappa shape index (κ2) is 8.09. The third-order valence-electron chi connectivity index (χ3n) is 4.88. The molecule has 0 spiro atoms. The molecule has 2 heterocycles. The Hall–Kier alpha value is -3.07. The van der Waals surface area contributed by atoms with E-state index in [-0.39, 0.29) is 0 Å². The topological polar surface area (TPSA) is 35.3 Å². The summed E-state index contributed by atoms with van der Waals surface area (Å²) < 4.78 is 11.3. The number of hydrogen-bond acceptors (Lipinski definition) is 3. The maximum absolute atomic E-state index is 6.07. The van der Waals surface area contributed by atoms with Crippen LogP contribution < -0.4 is 4.74 Å². The SMILES string of the molecule is COc1ccc(CCCCc2ccc(-c3ccc4cnccc4c3)o2)cc1. The van der Waals surface area contributed by atoms with Crippen LogP contribution in [0.1, 0.15) is 24.2 Å². The number of methoxy groups -OCH3 is 1. The van der Waals surface area contributed by atoms with Crippen LogP contribution in [0.3, 0.4) is 0 Å². The molecule has 0 amide bonds. The molecule has 4 aromatic rings. The molecule has 27 heavy (non-hydrogen) atoms. The first-order chi connectivity index (χ1) is 13.3. The summed E-state index contributed by atoms with van der Waals surface area (Å²) >= 11 is 0. The smallest absolute Gasteiger partial charge is 0.134 e. The van der Waals surface area contributed by atoms with Gasteiger partial charge in [-0.05, 0) is 66.6 Å². The predicted octanol–water partition coefficient (Wildman–Crippen LogP) is 6.07. The minimum Gasteiger partial charge on any atom is -0.497 e. The first-order valence-corrected chi connectivity index (χ1v) is 9.37. The zero-order valence-electron chi connectivity index (χ0n) is 15.5. The number of unbranched alkanes of at least 4 members (excludes halogenated alkanes) is 1. The van der Waals surface area contributed by atoms with Crippen molar-refractivity contribution in [1.82, 2.24) is 4.98 Å². The van der Waals surface area contributed by atoms with Gasteiger partial charge in [-0.25, -0.2) is 0 Å². The Bertz CT molecular complexity index is 1020. The molecule has 2 aromatic heterocycles. The van der Waals surface area contributed by atoms with E-state index in [9.17, 15) is 0 Å².